The quantitative estimate of drug-likeness (QED) is 0.635. The van der Waals surface area contributed by atoms with Gasteiger partial charge in [-0.25, -0.2) is 8.42 Å². The highest BCUT2D eigenvalue weighted by molar-refractivity contribution is 7.90. The maximum Gasteiger partial charge on any atom is 0.309 e. The van der Waals surface area contributed by atoms with Gasteiger partial charge in [-0.1, -0.05) is 6.92 Å². The zero-order valence-corrected chi connectivity index (χ0v) is 16.7. The summed E-state index contributed by atoms with van der Waals surface area (Å²) in [6.07, 6.45) is -0.0252. The number of pyridine rings is 1. The predicted molar refractivity (Wildman–Crippen MR) is 97.3 cm³/mol. The molecule has 148 valence electrons. The fourth-order valence-electron chi connectivity index (χ4n) is 2.61. The smallest absolute Gasteiger partial charge is 0.309 e. The molecule has 0 aliphatic carbocycles. The van der Waals surface area contributed by atoms with Crippen molar-refractivity contribution in [1.82, 2.24) is 9.71 Å². The first kappa shape index (κ1) is 22.4. The Morgan fingerprint density at radius 1 is 1.30 bits per heavy atom. The maximum absolute atomic E-state index is 12.3. The number of aromatic nitrogens is 1. The number of sulfonamides is 1. The second-order valence-corrected chi connectivity index (χ2v) is 8.29. The Kier molecular flexibility index (Phi) is 7.30. The number of methoxy groups -OCH3 is 1. The molecule has 0 saturated carbocycles. The van der Waals surface area contributed by atoms with E-state index >= 15 is 0 Å². The van der Waals surface area contributed by atoms with Gasteiger partial charge in [-0.2, -0.15) is 5.26 Å². The van der Waals surface area contributed by atoms with Crippen LogP contribution >= 0.6 is 0 Å². The molecule has 2 N–H and O–H groups in total. The highest BCUT2D eigenvalue weighted by Crippen LogP contribution is 2.16. The Labute approximate surface area is 157 Å². The van der Waals surface area contributed by atoms with Gasteiger partial charge in [0.2, 0.25) is 15.9 Å². The Morgan fingerprint density at radius 3 is 2.41 bits per heavy atom. The van der Waals surface area contributed by atoms with E-state index in [0.29, 0.717) is 16.8 Å². The molecule has 0 aliphatic heterocycles. The summed E-state index contributed by atoms with van der Waals surface area (Å²) in [5, 5.41) is 7.90. The standard InChI is InChI=1S/C17H23N3O6S/c1-9(17(23)26-5)12(4)27(24,25)20-15(21)7-6-13-10(2)14(8-18)16(22)19-11(13)3/h9,12H,6-7H2,1-5H3,(H,19,22)(H,20,21)/t9-,12-/m1/s1. The molecule has 10 heteroatoms. The number of nitrogens with one attached hydrogen (secondary N) is 2. The lowest BCUT2D eigenvalue weighted by molar-refractivity contribution is -0.144. The molecule has 0 bridgehead atoms. The van der Waals surface area contributed by atoms with Crippen LogP contribution in [0.2, 0.25) is 0 Å². The molecule has 0 aliphatic rings. The third-order valence-electron chi connectivity index (χ3n) is 4.54. The molecule has 1 aromatic heterocycles. The van der Waals surface area contributed by atoms with Crippen molar-refractivity contribution in [2.45, 2.75) is 45.8 Å². The lowest BCUT2D eigenvalue weighted by atomic mass is 9.99. The van der Waals surface area contributed by atoms with Crippen molar-refractivity contribution in [2.24, 2.45) is 5.92 Å². The third-order valence-corrected chi connectivity index (χ3v) is 6.44. The van der Waals surface area contributed by atoms with Crippen molar-refractivity contribution in [3.8, 4) is 6.07 Å². The number of amides is 1. The first-order valence-corrected chi connectivity index (χ1v) is 9.75. The van der Waals surface area contributed by atoms with Crippen molar-refractivity contribution < 1.29 is 22.7 Å². The lowest BCUT2D eigenvalue weighted by Gasteiger charge is -2.18. The van der Waals surface area contributed by atoms with Crippen LogP contribution in [-0.4, -0.2) is 37.6 Å². The number of nitrogens with zero attached hydrogens (tertiary/aromatic N) is 1. The number of carbonyl (C=O) groups excluding carboxylic acids is 2. The van der Waals surface area contributed by atoms with E-state index in [1.165, 1.54) is 13.8 Å². The molecule has 1 heterocycles. The lowest BCUT2D eigenvalue weighted by Crippen LogP contribution is -2.42. The second-order valence-electron chi connectivity index (χ2n) is 6.26. The average molecular weight is 397 g/mol. The summed E-state index contributed by atoms with van der Waals surface area (Å²) in [7, 11) is -2.91. The summed E-state index contributed by atoms with van der Waals surface area (Å²) in [5.74, 6) is -2.38. The molecule has 1 aromatic rings. The zero-order chi connectivity index (χ0) is 20.9. The third kappa shape index (κ3) is 5.17. The average Bonchev–Trinajstić information content (AvgIpc) is 2.59. The Hall–Kier alpha value is -2.67. The minimum atomic E-state index is -4.07. The fraction of sp³-hybridized carbons (Fsp3) is 0.529. The Morgan fingerprint density at radius 2 is 1.89 bits per heavy atom. The summed E-state index contributed by atoms with van der Waals surface area (Å²) in [6.45, 7) is 5.95. The zero-order valence-electron chi connectivity index (χ0n) is 15.9. The molecule has 0 unspecified atom stereocenters. The summed E-state index contributed by atoms with van der Waals surface area (Å²) in [4.78, 5) is 37.9. The number of H-pyrrole nitrogens is 1. The molecule has 0 spiro atoms. The molecular formula is C17H23N3O6S. The largest absolute Gasteiger partial charge is 0.469 e. The van der Waals surface area contributed by atoms with Crippen molar-refractivity contribution in [2.75, 3.05) is 7.11 Å². The van der Waals surface area contributed by atoms with Crippen LogP contribution in [0.3, 0.4) is 0 Å². The molecule has 1 amide bonds. The van der Waals surface area contributed by atoms with Crippen LogP contribution in [0.25, 0.3) is 0 Å². The highest BCUT2D eigenvalue weighted by atomic mass is 32.2. The molecule has 0 saturated heterocycles. The number of hydrogen-bond donors (Lipinski definition) is 2. The molecule has 0 radical (unpaired) electrons. The predicted octanol–water partition coefficient (Wildman–Crippen LogP) is 0.440. The van der Waals surface area contributed by atoms with Gasteiger partial charge in [-0.15, -0.1) is 0 Å². The highest BCUT2D eigenvalue weighted by Gasteiger charge is 2.33. The van der Waals surface area contributed by atoms with Gasteiger partial charge in [0.25, 0.3) is 5.56 Å². The van der Waals surface area contributed by atoms with E-state index in [-0.39, 0.29) is 18.4 Å². The minimum absolute atomic E-state index is 0.0378. The molecule has 9 nitrogen and oxygen atoms in total. The monoisotopic (exact) mass is 397 g/mol. The van der Waals surface area contributed by atoms with E-state index in [9.17, 15) is 22.8 Å². The molecule has 0 fully saturated rings. The van der Waals surface area contributed by atoms with E-state index in [0.717, 1.165) is 7.11 Å². The van der Waals surface area contributed by atoms with Gasteiger partial charge in [0.1, 0.15) is 11.6 Å². The van der Waals surface area contributed by atoms with Gasteiger partial charge >= 0.3 is 5.97 Å². The van der Waals surface area contributed by atoms with Gasteiger partial charge in [0, 0.05) is 12.1 Å². The number of nitriles is 1. The van der Waals surface area contributed by atoms with E-state index in [1.807, 2.05) is 10.8 Å². The van der Waals surface area contributed by atoms with Gasteiger partial charge in [-0.3, -0.25) is 19.1 Å². The van der Waals surface area contributed by atoms with Crippen molar-refractivity contribution >= 4 is 21.9 Å². The van der Waals surface area contributed by atoms with Crippen molar-refractivity contribution in [3.63, 3.8) is 0 Å². The molecule has 0 aromatic carbocycles. The molecule has 2 atom stereocenters. The van der Waals surface area contributed by atoms with Crippen LogP contribution in [0.5, 0.6) is 0 Å². The van der Waals surface area contributed by atoms with Crippen LogP contribution in [0, 0.1) is 31.1 Å². The normalized spacial score (nSPS) is 13.3. The van der Waals surface area contributed by atoms with Crippen LogP contribution in [0.15, 0.2) is 4.79 Å². The summed E-state index contributed by atoms with van der Waals surface area (Å²) in [6, 6.07) is 1.82. The van der Waals surface area contributed by atoms with E-state index in [1.54, 1.807) is 13.8 Å². The molecular weight excluding hydrogens is 374 g/mol. The summed E-state index contributed by atoms with van der Waals surface area (Å²) in [5.41, 5.74) is 1.04. The molecule has 1 rings (SSSR count). The molecule has 27 heavy (non-hydrogen) atoms. The topological polar surface area (TPSA) is 146 Å². The summed E-state index contributed by atoms with van der Waals surface area (Å²) >= 11 is 0. The first-order valence-electron chi connectivity index (χ1n) is 8.21. The van der Waals surface area contributed by atoms with E-state index in [2.05, 4.69) is 9.72 Å². The number of ether oxygens (including phenoxy) is 1. The number of rotatable bonds is 7. The fourth-order valence-corrected chi connectivity index (χ4v) is 3.86. The minimum Gasteiger partial charge on any atom is -0.469 e. The van der Waals surface area contributed by atoms with E-state index < -0.39 is 38.6 Å². The SMILES string of the molecule is COC(=O)[C@H](C)[C@@H](C)S(=O)(=O)NC(=O)CCc1c(C)[nH]c(=O)c(C#N)c1C. The van der Waals surface area contributed by atoms with Crippen LogP contribution in [0.4, 0.5) is 0 Å². The number of esters is 1. The number of aryl methyl sites for hydroxylation is 1. The van der Waals surface area contributed by atoms with Gasteiger partial charge in [-0.05, 0) is 38.3 Å². The number of aromatic amines is 1. The number of carbonyl (C=O) groups is 2. The van der Waals surface area contributed by atoms with Crippen LogP contribution < -0.4 is 10.3 Å². The van der Waals surface area contributed by atoms with Crippen molar-refractivity contribution in [1.29, 1.82) is 5.26 Å². The Bertz CT molecular complexity index is 943. The van der Waals surface area contributed by atoms with Crippen molar-refractivity contribution in [3.05, 3.63) is 32.7 Å². The van der Waals surface area contributed by atoms with Crippen LogP contribution in [-0.2, 0) is 30.8 Å². The van der Waals surface area contributed by atoms with Gasteiger partial charge in [0.05, 0.1) is 18.3 Å². The second kappa shape index (κ2) is 8.81. The summed E-state index contributed by atoms with van der Waals surface area (Å²) < 4.78 is 31.0. The van der Waals surface area contributed by atoms with Gasteiger partial charge in [0.15, 0.2) is 0 Å². The van der Waals surface area contributed by atoms with E-state index in [4.69, 9.17) is 5.26 Å². The van der Waals surface area contributed by atoms with Gasteiger partial charge < -0.3 is 9.72 Å². The maximum atomic E-state index is 12.3. The number of hydrogen-bond acceptors (Lipinski definition) is 7. The Balaban J connectivity index is 2.89. The first-order chi connectivity index (χ1) is 12.5. The van der Waals surface area contributed by atoms with Crippen LogP contribution in [0.1, 0.15) is 42.7 Å².